The van der Waals surface area contributed by atoms with Crippen molar-refractivity contribution in [3.05, 3.63) is 59.6 Å². The molecule has 0 aliphatic heterocycles. The van der Waals surface area contributed by atoms with Gasteiger partial charge in [-0.15, -0.1) is 30.1 Å². The molecule has 0 saturated heterocycles. The van der Waals surface area contributed by atoms with Crippen molar-refractivity contribution in [3.8, 4) is 11.5 Å². The van der Waals surface area contributed by atoms with Crippen LogP contribution in [0.25, 0.3) is 0 Å². The highest BCUT2D eigenvalue weighted by Crippen LogP contribution is 2.29. The van der Waals surface area contributed by atoms with Crippen molar-refractivity contribution in [2.75, 3.05) is 18.1 Å². The normalized spacial score (nSPS) is 10.5. The molecule has 0 radical (unpaired) electrons. The predicted octanol–water partition coefficient (Wildman–Crippen LogP) is 4.91. The second-order valence-electron chi connectivity index (χ2n) is 5.25. The molecule has 0 atom stereocenters. The van der Waals surface area contributed by atoms with Crippen molar-refractivity contribution in [2.45, 2.75) is 16.2 Å². The fourth-order valence-corrected chi connectivity index (χ4v) is 3.82. The third-order valence-electron chi connectivity index (χ3n) is 3.31. The van der Waals surface area contributed by atoms with Gasteiger partial charge in [0.15, 0.2) is 0 Å². The maximum absolute atomic E-state index is 11.8. The number of rotatable bonds is 9. The molecule has 7 heteroatoms. The summed E-state index contributed by atoms with van der Waals surface area (Å²) in [4.78, 5) is 13.6. The van der Waals surface area contributed by atoms with Gasteiger partial charge < -0.3 is 14.9 Å². The lowest BCUT2D eigenvalue weighted by Gasteiger charge is -2.07. The van der Waals surface area contributed by atoms with E-state index in [4.69, 9.17) is 16.3 Å². The minimum Gasteiger partial charge on any atom is -0.508 e. The summed E-state index contributed by atoms with van der Waals surface area (Å²) in [5, 5.41) is 19.4. The molecule has 0 saturated carbocycles. The van der Waals surface area contributed by atoms with E-state index >= 15 is 0 Å². The Labute approximate surface area is 166 Å². The quantitative estimate of drug-likeness (QED) is 0.265. The van der Waals surface area contributed by atoms with Crippen LogP contribution in [0.5, 0.6) is 11.5 Å². The molecule has 4 nitrogen and oxygen atoms in total. The number of thioether (sulfide) groups is 2. The van der Waals surface area contributed by atoms with Crippen molar-refractivity contribution in [3.63, 3.8) is 0 Å². The van der Waals surface area contributed by atoms with Crippen molar-refractivity contribution < 1.29 is 19.7 Å². The summed E-state index contributed by atoms with van der Waals surface area (Å²) in [5.41, 5.74) is 0.825. The minimum atomic E-state index is -0.308. The number of esters is 1. The van der Waals surface area contributed by atoms with Gasteiger partial charge in [-0.1, -0.05) is 17.7 Å². The summed E-state index contributed by atoms with van der Waals surface area (Å²) in [6.45, 7) is 3.98. The standard InChI is InChI=1S/C19H19ClO4S2/c1-2-3-13-10-14(4-6-17(13)21)25-9-8-24-19(23)12-26-15-5-7-18(22)16(20)11-15/h2,4-7,10-11,21-22H,1,3,8-9,12H2. The van der Waals surface area contributed by atoms with E-state index in [-0.39, 0.29) is 28.2 Å². The number of halogens is 1. The average molecular weight is 411 g/mol. The number of carbonyl (C=O) groups excluding carboxylic acids is 1. The van der Waals surface area contributed by atoms with E-state index in [0.717, 1.165) is 15.4 Å². The molecule has 0 aromatic heterocycles. The number of allylic oxidation sites excluding steroid dienone is 1. The lowest BCUT2D eigenvalue weighted by Crippen LogP contribution is -2.09. The van der Waals surface area contributed by atoms with Gasteiger partial charge in [0.05, 0.1) is 10.8 Å². The van der Waals surface area contributed by atoms with Crippen LogP contribution in [-0.4, -0.2) is 34.3 Å². The molecule has 0 spiro atoms. The molecule has 0 bridgehead atoms. The molecule has 0 amide bonds. The van der Waals surface area contributed by atoms with E-state index in [2.05, 4.69) is 6.58 Å². The zero-order valence-corrected chi connectivity index (χ0v) is 16.4. The van der Waals surface area contributed by atoms with Crippen LogP contribution in [0.1, 0.15) is 5.56 Å². The number of phenols is 2. The first kappa shape index (κ1) is 20.6. The van der Waals surface area contributed by atoms with E-state index < -0.39 is 0 Å². The molecule has 0 aliphatic carbocycles. The van der Waals surface area contributed by atoms with Gasteiger partial charge in [-0.3, -0.25) is 4.79 Å². The first-order chi connectivity index (χ1) is 12.5. The Bertz CT molecular complexity index is 780. The van der Waals surface area contributed by atoms with Gasteiger partial charge in [0.1, 0.15) is 18.1 Å². The highest BCUT2D eigenvalue weighted by molar-refractivity contribution is 8.00. The van der Waals surface area contributed by atoms with E-state index in [1.165, 1.54) is 17.8 Å². The van der Waals surface area contributed by atoms with Crippen LogP contribution < -0.4 is 0 Å². The van der Waals surface area contributed by atoms with Crippen LogP contribution >= 0.6 is 35.1 Å². The highest BCUT2D eigenvalue weighted by atomic mass is 35.5. The van der Waals surface area contributed by atoms with E-state index in [1.807, 2.05) is 12.1 Å². The third kappa shape index (κ3) is 6.52. The first-order valence-electron chi connectivity index (χ1n) is 7.82. The largest absolute Gasteiger partial charge is 0.508 e. The highest BCUT2D eigenvalue weighted by Gasteiger charge is 2.07. The molecular weight excluding hydrogens is 392 g/mol. The summed E-state index contributed by atoms with van der Waals surface area (Å²) >= 11 is 8.68. The zero-order valence-electron chi connectivity index (χ0n) is 14.0. The number of hydrogen-bond acceptors (Lipinski definition) is 6. The first-order valence-corrected chi connectivity index (χ1v) is 10.2. The van der Waals surface area contributed by atoms with Crippen LogP contribution in [0.15, 0.2) is 58.8 Å². The lowest BCUT2D eigenvalue weighted by molar-refractivity contribution is -0.139. The molecule has 2 rings (SSSR count). The summed E-state index contributed by atoms with van der Waals surface area (Å²) in [5.74, 6) is 0.764. The Morgan fingerprint density at radius 2 is 1.81 bits per heavy atom. The zero-order chi connectivity index (χ0) is 18.9. The monoisotopic (exact) mass is 410 g/mol. The Kier molecular flexibility index (Phi) is 8.22. The Balaban J connectivity index is 1.70. The number of phenolic OH excluding ortho intramolecular Hbond substituents is 2. The molecule has 0 heterocycles. The van der Waals surface area contributed by atoms with Gasteiger partial charge in [0.2, 0.25) is 0 Å². The molecule has 0 aliphatic rings. The molecule has 138 valence electrons. The summed E-state index contributed by atoms with van der Waals surface area (Å²) in [6.07, 6.45) is 2.35. The van der Waals surface area contributed by atoms with Crippen LogP contribution in [0.3, 0.4) is 0 Å². The Morgan fingerprint density at radius 1 is 1.12 bits per heavy atom. The third-order valence-corrected chi connectivity index (χ3v) is 5.53. The molecule has 0 unspecified atom stereocenters. The fourth-order valence-electron chi connectivity index (χ4n) is 2.05. The number of carbonyl (C=O) groups is 1. The maximum Gasteiger partial charge on any atom is 0.316 e. The van der Waals surface area contributed by atoms with Gasteiger partial charge in [-0.05, 0) is 48.4 Å². The molecular formula is C19H19ClO4S2. The molecule has 0 fully saturated rings. The number of benzene rings is 2. The molecule has 2 aromatic rings. The fraction of sp³-hybridized carbons (Fsp3) is 0.211. The number of hydrogen-bond donors (Lipinski definition) is 2. The van der Waals surface area contributed by atoms with Crippen LogP contribution in [0.2, 0.25) is 5.02 Å². The van der Waals surface area contributed by atoms with Crippen molar-refractivity contribution in [1.82, 2.24) is 0 Å². The van der Waals surface area contributed by atoms with Gasteiger partial charge >= 0.3 is 5.97 Å². The van der Waals surface area contributed by atoms with Crippen molar-refractivity contribution >= 4 is 41.1 Å². The van der Waals surface area contributed by atoms with Crippen LogP contribution in [0, 0.1) is 0 Å². The average Bonchev–Trinajstić information content (AvgIpc) is 2.62. The van der Waals surface area contributed by atoms with E-state index in [0.29, 0.717) is 18.8 Å². The van der Waals surface area contributed by atoms with Crippen LogP contribution in [0.4, 0.5) is 0 Å². The lowest BCUT2D eigenvalue weighted by atomic mass is 10.1. The number of ether oxygens (including phenoxy) is 1. The van der Waals surface area contributed by atoms with E-state index in [9.17, 15) is 15.0 Å². The second kappa shape index (κ2) is 10.4. The molecule has 2 aromatic carbocycles. The molecule has 2 N–H and O–H groups in total. The topological polar surface area (TPSA) is 66.8 Å². The van der Waals surface area contributed by atoms with Crippen LogP contribution in [-0.2, 0) is 16.0 Å². The summed E-state index contributed by atoms with van der Waals surface area (Å²) < 4.78 is 5.21. The van der Waals surface area contributed by atoms with Gasteiger partial charge in [-0.25, -0.2) is 0 Å². The Hall–Kier alpha value is -1.76. The number of aromatic hydroxyl groups is 2. The molecule has 26 heavy (non-hydrogen) atoms. The minimum absolute atomic E-state index is 0.0149. The van der Waals surface area contributed by atoms with Crippen molar-refractivity contribution in [2.24, 2.45) is 0 Å². The van der Waals surface area contributed by atoms with Gasteiger partial charge in [-0.2, -0.15) is 0 Å². The predicted molar refractivity (Wildman–Crippen MR) is 108 cm³/mol. The van der Waals surface area contributed by atoms with Gasteiger partial charge in [0.25, 0.3) is 0 Å². The second-order valence-corrected chi connectivity index (χ2v) is 7.88. The SMILES string of the molecule is C=CCc1cc(SCCOC(=O)CSc2ccc(O)c(Cl)c2)ccc1O. The van der Waals surface area contributed by atoms with Crippen molar-refractivity contribution in [1.29, 1.82) is 0 Å². The maximum atomic E-state index is 11.8. The Morgan fingerprint density at radius 3 is 2.50 bits per heavy atom. The van der Waals surface area contributed by atoms with Gasteiger partial charge in [0, 0.05) is 15.5 Å². The summed E-state index contributed by atoms with van der Waals surface area (Å²) in [6, 6.07) is 10.2. The smallest absolute Gasteiger partial charge is 0.316 e. The van der Waals surface area contributed by atoms with E-state index in [1.54, 1.807) is 36.0 Å². The summed E-state index contributed by atoms with van der Waals surface area (Å²) in [7, 11) is 0.